The number of aliphatic hydroxyl groups is 1. The topological polar surface area (TPSA) is 54.4 Å². The summed E-state index contributed by atoms with van der Waals surface area (Å²) in [5.41, 5.74) is -0.143. The fourth-order valence-corrected chi connectivity index (χ4v) is 2.00. The molecule has 94 valence electrons. The van der Waals surface area contributed by atoms with Crippen molar-refractivity contribution in [3.63, 3.8) is 0 Å². The Morgan fingerprint density at radius 2 is 2.29 bits per heavy atom. The zero-order valence-corrected chi connectivity index (χ0v) is 10.7. The summed E-state index contributed by atoms with van der Waals surface area (Å²) in [7, 11) is 0. The van der Waals surface area contributed by atoms with Gasteiger partial charge in [0.15, 0.2) is 11.6 Å². The van der Waals surface area contributed by atoms with Gasteiger partial charge in [0.1, 0.15) is 0 Å². The number of carbonyl (C=O) groups is 2. The zero-order chi connectivity index (χ0) is 13.1. The maximum Gasteiger partial charge on any atom is 0.158 e. The van der Waals surface area contributed by atoms with Gasteiger partial charge in [-0.3, -0.25) is 9.59 Å². The van der Waals surface area contributed by atoms with E-state index in [9.17, 15) is 14.7 Å². The van der Waals surface area contributed by atoms with Crippen molar-refractivity contribution in [1.29, 1.82) is 0 Å². The summed E-state index contributed by atoms with van der Waals surface area (Å²) in [5, 5.41) is 10.3. The van der Waals surface area contributed by atoms with E-state index in [4.69, 9.17) is 0 Å². The largest absolute Gasteiger partial charge is 0.390 e. The van der Waals surface area contributed by atoms with Crippen LogP contribution in [0.3, 0.4) is 0 Å². The summed E-state index contributed by atoms with van der Waals surface area (Å²) >= 11 is 0. The lowest BCUT2D eigenvalue weighted by Crippen LogP contribution is -2.37. The van der Waals surface area contributed by atoms with E-state index < -0.39 is 5.60 Å². The molecule has 0 fully saturated rings. The summed E-state index contributed by atoms with van der Waals surface area (Å²) in [6.07, 6.45) is 6.54. The third-order valence-corrected chi connectivity index (χ3v) is 3.34. The van der Waals surface area contributed by atoms with Gasteiger partial charge in [-0.1, -0.05) is 12.2 Å². The Bertz CT molecular complexity index is 375. The molecule has 0 heterocycles. The predicted octanol–water partition coefficient (Wildman–Crippen LogP) is 2.20. The van der Waals surface area contributed by atoms with Gasteiger partial charge < -0.3 is 5.11 Å². The lowest BCUT2D eigenvalue weighted by atomic mass is 9.76. The van der Waals surface area contributed by atoms with Gasteiger partial charge in [-0.05, 0) is 51.2 Å². The molecule has 0 saturated heterocycles. The van der Waals surface area contributed by atoms with E-state index in [0.29, 0.717) is 12.8 Å². The molecule has 1 aliphatic rings. The molecule has 0 aromatic heterocycles. The van der Waals surface area contributed by atoms with Crippen LogP contribution in [0.25, 0.3) is 0 Å². The van der Waals surface area contributed by atoms with Gasteiger partial charge in [0.05, 0.1) is 5.60 Å². The van der Waals surface area contributed by atoms with E-state index in [1.54, 1.807) is 13.0 Å². The van der Waals surface area contributed by atoms with Crippen molar-refractivity contribution in [2.45, 2.75) is 45.6 Å². The fourth-order valence-electron chi connectivity index (χ4n) is 2.00. The minimum Gasteiger partial charge on any atom is -0.390 e. The molecule has 0 amide bonds. The van der Waals surface area contributed by atoms with Crippen LogP contribution in [0.1, 0.15) is 40.0 Å². The highest BCUT2D eigenvalue weighted by Crippen LogP contribution is 2.32. The predicted molar refractivity (Wildman–Crippen MR) is 66.5 cm³/mol. The first-order chi connectivity index (χ1) is 7.83. The molecule has 0 radical (unpaired) electrons. The minimum atomic E-state index is -0.932. The van der Waals surface area contributed by atoms with Crippen LogP contribution in [0.5, 0.6) is 0 Å². The molecule has 0 bridgehead atoms. The van der Waals surface area contributed by atoms with Crippen molar-refractivity contribution in [3.05, 3.63) is 23.8 Å². The Morgan fingerprint density at radius 3 is 2.82 bits per heavy atom. The van der Waals surface area contributed by atoms with Gasteiger partial charge in [0.2, 0.25) is 0 Å². The average Bonchev–Trinajstić information content (AvgIpc) is 2.21. The van der Waals surface area contributed by atoms with Crippen LogP contribution in [-0.4, -0.2) is 22.3 Å². The second-order valence-electron chi connectivity index (χ2n) is 5.02. The molecule has 0 unspecified atom stereocenters. The first kappa shape index (κ1) is 13.8. The zero-order valence-electron chi connectivity index (χ0n) is 10.7. The number of allylic oxidation sites excluding steroid dienone is 3. The standard InChI is InChI=1S/C14H20O3/c1-10-6-7-12(9-13(10)16)14(3,17)8-4-5-11(2)15/h4-6,12,17H,7-9H2,1-3H3/b5-4+/t12-,14-/m1/s1. The molecule has 3 heteroatoms. The van der Waals surface area contributed by atoms with E-state index in [1.807, 2.05) is 13.0 Å². The lowest BCUT2D eigenvalue weighted by molar-refractivity contribution is -0.119. The Labute approximate surface area is 102 Å². The van der Waals surface area contributed by atoms with Crippen molar-refractivity contribution in [1.82, 2.24) is 0 Å². The molecular weight excluding hydrogens is 216 g/mol. The van der Waals surface area contributed by atoms with E-state index in [-0.39, 0.29) is 17.5 Å². The van der Waals surface area contributed by atoms with Crippen LogP contribution in [-0.2, 0) is 9.59 Å². The van der Waals surface area contributed by atoms with Gasteiger partial charge >= 0.3 is 0 Å². The van der Waals surface area contributed by atoms with Gasteiger partial charge in [-0.15, -0.1) is 0 Å². The van der Waals surface area contributed by atoms with Crippen molar-refractivity contribution >= 4 is 11.6 Å². The molecule has 2 atom stereocenters. The van der Waals surface area contributed by atoms with Crippen LogP contribution >= 0.6 is 0 Å². The monoisotopic (exact) mass is 236 g/mol. The molecule has 1 aliphatic carbocycles. The Morgan fingerprint density at radius 1 is 1.65 bits per heavy atom. The Hall–Kier alpha value is -1.22. The number of carbonyl (C=O) groups excluding carboxylic acids is 2. The summed E-state index contributed by atoms with van der Waals surface area (Å²) in [6, 6.07) is 0. The van der Waals surface area contributed by atoms with Gasteiger partial charge in [-0.25, -0.2) is 0 Å². The Balaban J connectivity index is 2.65. The van der Waals surface area contributed by atoms with Crippen LogP contribution in [0.15, 0.2) is 23.8 Å². The van der Waals surface area contributed by atoms with Gasteiger partial charge in [-0.2, -0.15) is 0 Å². The molecule has 0 spiro atoms. The molecule has 3 nitrogen and oxygen atoms in total. The quantitative estimate of drug-likeness (QED) is 0.761. The van der Waals surface area contributed by atoms with Crippen molar-refractivity contribution in [2.75, 3.05) is 0 Å². The molecule has 1 N–H and O–H groups in total. The first-order valence-electron chi connectivity index (χ1n) is 5.92. The molecule has 17 heavy (non-hydrogen) atoms. The van der Waals surface area contributed by atoms with Crippen molar-refractivity contribution in [3.8, 4) is 0 Å². The molecule has 0 aromatic carbocycles. The minimum absolute atomic E-state index is 0.0312. The summed E-state index contributed by atoms with van der Waals surface area (Å²) in [4.78, 5) is 22.4. The van der Waals surface area contributed by atoms with Crippen LogP contribution in [0.2, 0.25) is 0 Å². The van der Waals surface area contributed by atoms with E-state index >= 15 is 0 Å². The summed E-state index contributed by atoms with van der Waals surface area (Å²) in [5.74, 6) is 0.0173. The first-order valence-corrected chi connectivity index (χ1v) is 5.92. The number of hydrogen-bond donors (Lipinski definition) is 1. The SMILES string of the molecule is CC(=O)/C=C/C[C@@](C)(O)[C@@H]1CC=C(C)C(=O)C1. The van der Waals surface area contributed by atoms with Crippen LogP contribution < -0.4 is 0 Å². The molecule has 0 aromatic rings. The number of Topliss-reactive ketones (excluding diaryl/α,β-unsaturated/α-hetero) is 1. The van der Waals surface area contributed by atoms with Crippen LogP contribution in [0, 0.1) is 5.92 Å². The number of ketones is 2. The van der Waals surface area contributed by atoms with E-state index in [2.05, 4.69) is 0 Å². The maximum absolute atomic E-state index is 11.6. The van der Waals surface area contributed by atoms with Gasteiger partial charge in [0.25, 0.3) is 0 Å². The van der Waals surface area contributed by atoms with E-state index in [1.165, 1.54) is 13.0 Å². The molecule has 0 saturated carbocycles. The lowest BCUT2D eigenvalue weighted by Gasteiger charge is -2.33. The normalized spacial score (nSPS) is 24.6. The highest BCUT2D eigenvalue weighted by molar-refractivity contribution is 5.95. The van der Waals surface area contributed by atoms with Gasteiger partial charge in [0, 0.05) is 6.42 Å². The number of hydrogen-bond acceptors (Lipinski definition) is 3. The highest BCUT2D eigenvalue weighted by atomic mass is 16.3. The third-order valence-electron chi connectivity index (χ3n) is 3.34. The number of rotatable bonds is 4. The molecule has 1 rings (SSSR count). The van der Waals surface area contributed by atoms with Crippen LogP contribution in [0.4, 0.5) is 0 Å². The second-order valence-corrected chi connectivity index (χ2v) is 5.02. The maximum atomic E-state index is 11.6. The molecule has 0 aliphatic heterocycles. The summed E-state index contributed by atoms with van der Waals surface area (Å²) < 4.78 is 0. The molecular formula is C14H20O3. The average molecular weight is 236 g/mol. The summed E-state index contributed by atoms with van der Waals surface area (Å²) in [6.45, 7) is 5.01. The smallest absolute Gasteiger partial charge is 0.158 e. The van der Waals surface area contributed by atoms with Crippen molar-refractivity contribution in [2.24, 2.45) is 5.92 Å². The highest BCUT2D eigenvalue weighted by Gasteiger charge is 2.33. The van der Waals surface area contributed by atoms with Crippen molar-refractivity contribution < 1.29 is 14.7 Å². The van der Waals surface area contributed by atoms with E-state index in [0.717, 1.165) is 12.0 Å². The fraction of sp³-hybridized carbons (Fsp3) is 0.571. The second kappa shape index (κ2) is 5.41. The third kappa shape index (κ3) is 3.93. The Kier molecular flexibility index (Phi) is 4.40.